The van der Waals surface area contributed by atoms with E-state index in [0.29, 0.717) is 0 Å². The van der Waals surface area contributed by atoms with Gasteiger partial charge in [-0.15, -0.1) is 0 Å². The number of rotatable bonds is 3. The molecule has 0 aliphatic carbocycles. The molecule has 0 aromatic carbocycles. The molecule has 0 saturated heterocycles. The molecule has 1 unspecified atom stereocenters. The summed E-state index contributed by atoms with van der Waals surface area (Å²) in [5.74, 6) is -0.348. The van der Waals surface area contributed by atoms with Gasteiger partial charge in [0.05, 0.1) is 0 Å². The van der Waals surface area contributed by atoms with Crippen molar-refractivity contribution in [1.82, 2.24) is 24.7 Å². The van der Waals surface area contributed by atoms with Crippen LogP contribution in [0.1, 0.15) is 13.0 Å². The first kappa shape index (κ1) is 12.7. The molecule has 0 fully saturated rings. The smallest absolute Gasteiger partial charge is 0.249 e. The van der Waals surface area contributed by atoms with Gasteiger partial charge in [-0.3, -0.25) is 4.79 Å². The summed E-state index contributed by atoms with van der Waals surface area (Å²) >= 11 is 11.6. The molecule has 0 spiro atoms. The number of hydrogen-bond acceptors (Lipinski definition) is 5. The highest BCUT2D eigenvalue weighted by Crippen LogP contribution is 2.26. The highest BCUT2D eigenvalue weighted by Gasteiger charge is 2.18. The van der Waals surface area contributed by atoms with Crippen LogP contribution >= 0.6 is 23.2 Å². The van der Waals surface area contributed by atoms with Crippen LogP contribution in [0.25, 0.3) is 0 Å². The molecule has 18 heavy (non-hydrogen) atoms. The number of halogens is 2. The molecule has 94 valence electrons. The number of nitrogens with one attached hydrogen (secondary N) is 1. The second-order valence-electron chi connectivity index (χ2n) is 3.37. The first-order chi connectivity index (χ1) is 8.59. The third-order valence-electron chi connectivity index (χ3n) is 2.22. The summed E-state index contributed by atoms with van der Waals surface area (Å²) in [6.07, 6.45) is 3.99. The average molecular weight is 287 g/mol. The predicted octanol–water partition coefficient (Wildman–Crippen LogP) is 1.57. The number of carbonyl (C=O) groups excluding carboxylic acids is 1. The zero-order valence-electron chi connectivity index (χ0n) is 9.21. The Labute approximate surface area is 112 Å². The first-order valence-corrected chi connectivity index (χ1v) is 5.66. The summed E-state index contributed by atoms with van der Waals surface area (Å²) in [5.41, 5.74) is 0.179. The Kier molecular flexibility index (Phi) is 3.73. The predicted molar refractivity (Wildman–Crippen MR) is 65.4 cm³/mol. The lowest BCUT2D eigenvalue weighted by Crippen LogP contribution is -2.24. The molecule has 0 saturated carbocycles. The molecule has 2 rings (SSSR count). The lowest BCUT2D eigenvalue weighted by Gasteiger charge is -2.12. The van der Waals surface area contributed by atoms with Crippen LogP contribution in [0.4, 0.5) is 5.69 Å². The number of carbonyl (C=O) groups is 1. The number of anilines is 1. The normalized spacial score (nSPS) is 12.2. The van der Waals surface area contributed by atoms with Gasteiger partial charge in [-0.05, 0) is 6.92 Å². The van der Waals surface area contributed by atoms with Crippen LogP contribution in [-0.4, -0.2) is 30.6 Å². The van der Waals surface area contributed by atoms with E-state index in [1.54, 1.807) is 6.92 Å². The second kappa shape index (κ2) is 5.28. The van der Waals surface area contributed by atoms with E-state index < -0.39 is 6.04 Å². The quantitative estimate of drug-likeness (QED) is 0.866. The molecule has 2 heterocycles. The minimum absolute atomic E-state index is 0.0779. The zero-order chi connectivity index (χ0) is 13.1. The topological polar surface area (TPSA) is 85.6 Å². The van der Waals surface area contributed by atoms with Crippen LogP contribution in [0.15, 0.2) is 19.0 Å². The monoisotopic (exact) mass is 286 g/mol. The third-order valence-corrected chi connectivity index (χ3v) is 2.79. The Hall–Kier alpha value is -1.73. The molecule has 2 aromatic heterocycles. The molecule has 0 radical (unpaired) electrons. The Morgan fingerprint density at radius 1 is 1.33 bits per heavy atom. The Bertz CT molecular complexity index is 538. The van der Waals surface area contributed by atoms with Crippen molar-refractivity contribution in [1.29, 1.82) is 0 Å². The van der Waals surface area contributed by atoms with E-state index in [4.69, 9.17) is 23.2 Å². The standard InChI is InChI=1S/C9H8Cl2N6O/c1-5(17-4-12-2-15-17)9(18)16-6-7(10)13-3-14-8(6)11/h2-5H,1H3,(H,16,18). The summed E-state index contributed by atoms with van der Waals surface area (Å²) in [6.45, 7) is 1.66. The Morgan fingerprint density at radius 3 is 2.56 bits per heavy atom. The minimum Gasteiger partial charge on any atom is -0.319 e. The number of amides is 1. The molecule has 9 heteroatoms. The van der Waals surface area contributed by atoms with Crippen molar-refractivity contribution in [2.75, 3.05) is 5.32 Å². The molecule has 0 aliphatic heterocycles. The van der Waals surface area contributed by atoms with E-state index in [0.717, 1.165) is 0 Å². The SMILES string of the molecule is CC(C(=O)Nc1c(Cl)ncnc1Cl)n1cncn1. The van der Waals surface area contributed by atoms with Crippen molar-refractivity contribution in [3.63, 3.8) is 0 Å². The highest BCUT2D eigenvalue weighted by molar-refractivity contribution is 6.38. The van der Waals surface area contributed by atoms with Gasteiger partial charge in [-0.2, -0.15) is 5.10 Å². The molecule has 2 aromatic rings. The van der Waals surface area contributed by atoms with Crippen molar-refractivity contribution >= 4 is 34.8 Å². The van der Waals surface area contributed by atoms with E-state index in [9.17, 15) is 4.79 Å². The molecular formula is C9H8Cl2N6O. The Morgan fingerprint density at radius 2 is 2.00 bits per heavy atom. The molecule has 1 N–H and O–H groups in total. The van der Waals surface area contributed by atoms with Crippen LogP contribution in [0, 0.1) is 0 Å². The first-order valence-electron chi connectivity index (χ1n) is 4.90. The van der Waals surface area contributed by atoms with Gasteiger partial charge in [-0.1, -0.05) is 23.2 Å². The fourth-order valence-electron chi connectivity index (χ4n) is 1.21. The lowest BCUT2D eigenvalue weighted by atomic mass is 10.3. The van der Waals surface area contributed by atoms with Gasteiger partial charge in [0.15, 0.2) is 10.3 Å². The summed E-state index contributed by atoms with van der Waals surface area (Å²) in [4.78, 5) is 23.2. The minimum atomic E-state index is -0.556. The van der Waals surface area contributed by atoms with Gasteiger partial charge in [0.1, 0.15) is 30.7 Å². The largest absolute Gasteiger partial charge is 0.319 e. The van der Waals surface area contributed by atoms with Gasteiger partial charge in [0.25, 0.3) is 0 Å². The molecule has 0 aliphatic rings. The number of aromatic nitrogens is 5. The number of hydrogen-bond donors (Lipinski definition) is 1. The molecule has 1 atom stereocenters. The Balaban J connectivity index is 2.17. The molecular weight excluding hydrogens is 279 g/mol. The van der Waals surface area contributed by atoms with Crippen LogP contribution in [0.2, 0.25) is 10.3 Å². The van der Waals surface area contributed by atoms with Gasteiger partial charge in [-0.25, -0.2) is 19.6 Å². The summed E-state index contributed by atoms with van der Waals surface area (Å²) in [5, 5.41) is 6.58. The summed E-state index contributed by atoms with van der Waals surface area (Å²) < 4.78 is 1.40. The fourth-order valence-corrected chi connectivity index (χ4v) is 1.62. The van der Waals surface area contributed by atoms with Crippen molar-refractivity contribution in [3.05, 3.63) is 29.3 Å². The van der Waals surface area contributed by atoms with Crippen molar-refractivity contribution < 1.29 is 4.79 Å². The van der Waals surface area contributed by atoms with E-state index >= 15 is 0 Å². The van der Waals surface area contributed by atoms with Crippen LogP contribution < -0.4 is 5.32 Å². The van der Waals surface area contributed by atoms with Crippen LogP contribution in [0.5, 0.6) is 0 Å². The highest BCUT2D eigenvalue weighted by atomic mass is 35.5. The van der Waals surface area contributed by atoms with E-state index in [1.165, 1.54) is 23.7 Å². The average Bonchev–Trinajstić information content (AvgIpc) is 2.86. The summed E-state index contributed by atoms with van der Waals surface area (Å²) in [7, 11) is 0. The maximum atomic E-state index is 11.9. The number of nitrogens with zero attached hydrogens (tertiary/aromatic N) is 5. The van der Waals surface area contributed by atoms with E-state index in [2.05, 4.69) is 25.4 Å². The molecule has 1 amide bonds. The van der Waals surface area contributed by atoms with Gasteiger partial charge in [0, 0.05) is 0 Å². The fraction of sp³-hybridized carbons (Fsp3) is 0.222. The van der Waals surface area contributed by atoms with Gasteiger partial charge >= 0.3 is 0 Å². The van der Waals surface area contributed by atoms with Crippen LogP contribution in [0.3, 0.4) is 0 Å². The van der Waals surface area contributed by atoms with Gasteiger partial charge in [0.2, 0.25) is 5.91 Å². The maximum absolute atomic E-state index is 11.9. The molecule has 7 nitrogen and oxygen atoms in total. The zero-order valence-corrected chi connectivity index (χ0v) is 10.7. The van der Waals surface area contributed by atoms with E-state index in [-0.39, 0.29) is 21.9 Å². The van der Waals surface area contributed by atoms with Crippen molar-refractivity contribution in [2.24, 2.45) is 0 Å². The lowest BCUT2D eigenvalue weighted by molar-refractivity contribution is -0.119. The second-order valence-corrected chi connectivity index (χ2v) is 4.09. The maximum Gasteiger partial charge on any atom is 0.249 e. The van der Waals surface area contributed by atoms with Crippen molar-refractivity contribution in [2.45, 2.75) is 13.0 Å². The van der Waals surface area contributed by atoms with Gasteiger partial charge < -0.3 is 5.32 Å². The van der Waals surface area contributed by atoms with Crippen LogP contribution in [-0.2, 0) is 4.79 Å². The summed E-state index contributed by atoms with van der Waals surface area (Å²) in [6, 6.07) is -0.556. The molecule has 0 bridgehead atoms. The van der Waals surface area contributed by atoms with E-state index in [1.807, 2.05) is 0 Å². The van der Waals surface area contributed by atoms with Crippen molar-refractivity contribution in [3.8, 4) is 0 Å². The third kappa shape index (κ3) is 2.57.